The van der Waals surface area contributed by atoms with E-state index in [4.69, 9.17) is 11.6 Å². The maximum Gasteiger partial charge on any atom is 0.421 e. The van der Waals surface area contributed by atoms with Gasteiger partial charge in [0.05, 0.1) is 0 Å². The fourth-order valence-electron chi connectivity index (χ4n) is 0.915. The molecule has 15 heavy (non-hydrogen) atoms. The molecule has 0 aliphatic rings. The summed E-state index contributed by atoms with van der Waals surface area (Å²) in [4.78, 5) is 6.85. The van der Waals surface area contributed by atoms with Crippen LogP contribution in [-0.4, -0.2) is 21.9 Å². The maximum atomic E-state index is 12.4. The van der Waals surface area contributed by atoms with E-state index in [9.17, 15) is 13.2 Å². The zero-order chi connectivity index (χ0) is 11.5. The number of nitrogens with one attached hydrogen (secondary N) is 1. The Labute approximate surface area is 89.7 Å². The van der Waals surface area contributed by atoms with Gasteiger partial charge >= 0.3 is 6.18 Å². The van der Waals surface area contributed by atoms with E-state index in [0.29, 0.717) is 0 Å². The van der Waals surface area contributed by atoms with Gasteiger partial charge < -0.3 is 5.32 Å². The highest BCUT2D eigenvalue weighted by Crippen LogP contribution is 2.32. The number of rotatable bonds is 3. The smallest absolute Gasteiger partial charge is 0.368 e. The third-order valence-corrected chi connectivity index (χ3v) is 1.72. The van der Waals surface area contributed by atoms with E-state index >= 15 is 0 Å². The first kappa shape index (κ1) is 12.0. The molecule has 0 bridgehead atoms. The first-order chi connectivity index (χ1) is 6.91. The third-order valence-electron chi connectivity index (χ3n) is 1.57. The fraction of sp³-hybridized carbons (Fsp3) is 0.500. The predicted octanol–water partition coefficient (Wildman–Crippen LogP) is 2.53. The molecule has 1 unspecified atom stereocenters. The lowest BCUT2D eigenvalue weighted by Gasteiger charge is -2.12. The second-order valence-corrected chi connectivity index (χ2v) is 3.69. The molecule has 0 saturated carbocycles. The molecule has 84 valence electrons. The van der Waals surface area contributed by atoms with Crippen molar-refractivity contribution in [1.82, 2.24) is 9.97 Å². The van der Waals surface area contributed by atoms with E-state index in [0.717, 1.165) is 12.5 Å². The van der Waals surface area contributed by atoms with Crippen LogP contribution in [0.5, 0.6) is 0 Å². The van der Waals surface area contributed by atoms with Crippen LogP contribution in [0.15, 0.2) is 12.5 Å². The van der Waals surface area contributed by atoms with Crippen LogP contribution in [0.3, 0.4) is 0 Å². The van der Waals surface area contributed by atoms with Crippen molar-refractivity contribution in [2.45, 2.75) is 18.5 Å². The number of aromatic nitrogens is 2. The lowest BCUT2D eigenvalue weighted by Crippen LogP contribution is -2.17. The van der Waals surface area contributed by atoms with E-state index in [-0.39, 0.29) is 17.7 Å². The summed E-state index contributed by atoms with van der Waals surface area (Å²) in [6.07, 6.45) is -2.68. The molecule has 1 heterocycles. The Kier molecular flexibility index (Phi) is 3.73. The normalized spacial score (nSPS) is 13.7. The van der Waals surface area contributed by atoms with Crippen molar-refractivity contribution in [2.75, 3.05) is 11.9 Å². The summed E-state index contributed by atoms with van der Waals surface area (Å²) in [7, 11) is 0. The predicted molar refractivity (Wildman–Crippen MR) is 50.8 cm³/mol. The summed E-state index contributed by atoms with van der Waals surface area (Å²) < 4.78 is 37.3. The molecular weight excluding hydrogens is 231 g/mol. The molecule has 1 aromatic heterocycles. The van der Waals surface area contributed by atoms with Crippen LogP contribution < -0.4 is 5.32 Å². The van der Waals surface area contributed by atoms with E-state index in [1.807, 2.05) is 0 Å². The molecule has 7 heteroatoms. The van der Waals surface area contributed by atoms with Crippen LogP contribution >= 0.6 is 11.6 Å². The minimum absolute atomic E-state index is 0.210. The second-order valence-electron chi connectivity index (χ2n) is 2.94. The summed E-state index contributed by atoms with van der Waals surface area (Å²) in [5.74, 6) is -0.245. The number of hydrogen-bond acceptors (Lipinski definition) is 3. The number of halogens is 4. The molecule has 0 amide bonds. The molecule has 0 aliphatic heterocycles. The Hall–Kier alpha value is -1.04. The van der Waals surface area contributed by atoms with Crippen LogP contribution in [-0.2, 0) is 6.18 Å². The Morgan fingerprint density at radius 3 is 2.73 bits per heavy atom. The Balaban J connectivity index is 2.87. The molecule has 0 aromatic carbocycles. The molecule has 3 nitrogen and oxygen atoms in total. The van der Waals surface area contributed by atoms with Crippen LogP contribution in [0, 0.1) is 0 Å². The highest BCUT2D eigenvalue weighted by Gasteiger charge is 2.34. The Morgan fingerprint density at radius 1 is 1.53 bits per heavy atom. The van der Waals surface area contributed by atoms with Crippen molar-refractivity contribution in [1.29, 1.82) is 0 Å². The molecule has 0 fully saturated rings. The molecule has 0 spiro atoms. The average Bonchev–Trinajstić information content (AvgIpc) is 2.13. The van der Waals surface area contributed by atoms with Gasteiger partial charge in [0, 0.05) is 18.1 Å². The SMILES string of the molecule is CC(Cl)CNc1ncncc1C(F)(F)F. The van der Waals surface area contributed by atoms with Gasteiger partial charge in [0.2, 0.25) is 0 Å². The van der Waals surface area contributed by atoms with Crippen molar-refractivity contribution in [2.24, 2.45) is 0 Å². The first-order valence-electron chi connectivity index (χ1n) is 4.16. The second kappa shape index (κ2) is 4.65. The summed E-state index contributed by atoms with van der Waals surface area (Å²) in [5, 5.41) is 2.24. The Morgan fingerprint density at radius 2 is 2.20 bits per heavy atom. The molecule has 1 N–H and O–H groups in total. The number of hydrogen-bond donors (Lipinski definition) is 1. The Bertz CT molecular complexity index is 327. The average molecular weight is 240 g/mol. The molecule has 0 radical (unpaired) electrons. The van der Waals surface area contributed by atoms with Crippen molar-refractivity contribution in [3.8, 4) is 0 Å². The molecule has 1 atom stereocenters. The summed E-state index contributed by atoms with van der Waals surface area (Å²) in [6.45, 7) is 1.88. The zero-order valence-electron chi connectivity index (χ0n) is 7.85. The monoisotopic (exact) mass is 239 g/mol. The van der Waals surface area contributed by atoms with Gasteiger partial charge in [0.1, 0.15) is 17.7 Å². The van der Waals surface area contributed by atoms with Crippen molar-refractivity contribution < 1.29 is 13.2 Å². The largest absolute Gasteiger partial charge is 0.421 e. The molecule has 0 aliphatic carbocycles. The number of alkyl halides is 4. The van der Waals surface area contributed by atoms with Gasteiger partial charge in [-0.3, -0.25) is 0 Å². The summed E-state index contributed by atoms with van der Waals surface area (Å²) in [5.41, 5.74) is -0.887. The lowest BCUT2D eigenvalue weighted by molar-refractivity contribution is -0.137. The van der Waals surface area contributed by atoms with E-state index < -0.39 is 11.7 Å². The first-order valence-corrected chi connectivity index (χ1v) is 4.60. The number of anilines is 1. The van der Waals surface area contributed by atoms with Crippen molar-refractivity contribution in [3.63, 3.8) is 0 Å². The van der Waals surface area contributed by atoms with Gasteiger partial charge in [-0.2, -0.15) is 13.2 Å². The van der Waals surface area contributed by atoms with E-state index in [2.05, 4.69) is 15.3 Å². The molecule has 0 saturated heterocycles. The van der Waals surface area contributed by atoms with Crippen LogP contribution in [0.25, 0.3) is 0 Å². The molecule has 1 aromatic rings. The minimum Gasteiger partial charge on any atom is -0.368 e. The third kappa shape index (κ3) is 3.54. The van der Waals surface area contributed by atoms with Gasteiger partial charge in [-0.25, -0.2) is 9.97 Å². The van der Waals surface area contributed by atoms with Crippen LogP contribution in [0.4, 0.5) is 19.0 Å². The minimum atomic E-state index is -4.46. The van der Waals surface area contributed by atoms with Gasteiger partial charge in [-0.05, 0) is 6.92 Å². The standard InChI is InChI=1S/C8H9ClF3N3/c1-5(9)2-14-7-6(8(10,11)12)3-13-4-15-7/h3-5H,2H2,1H3,(H,13,14,15). The summed E-state index contributed by atoms with van der Waals surface area (Å²) >= 11 is 5.61. The topological polar surface area (TPSA) is 37.8 Å². The van der Waals surface area contributed by atoms with Gasteiger partial charge in [0.25, 0.3) is 0 Å². The highest BCUT2D eigenvalue weighted by molar-refractivity contribution is 6.20. The van der Waals surface area contributed by atoms with Gasteiger partial charge in [-0.1, -0.05) is 0 Å². The quantitative estimate of drug-likeness (QED) is 0.824. The van der Waals surface area contributed by atoms with Gasteiger partial charge in [-0.15, -0.1) is 11.6 Å². The zero-order valence-corrected chi connectivity index (χ0v) is 8.60. The lowest BCUT2D eigenvalue weighted by atomic mass is 10.3. The summed E-state index contributed by atoms with van der Waals surface area (Å²) in [6, 6.07) is 0. The molecule has 1 rings (SSSR count). The fourth-order valence-corrected chi connectivity index (χ4v) is 0.992. The maximum absolute atomic E-state index is 12.4. The van der Waals surface area contributed by atoms with E-state index in [1.165, 1.54) is 0 Å². The highest BCUT2D eigenvalue weighted by atomic mass is 35.5. The van der Waals surface area contributed by atoms with Crippen molar-refractivity contribution >= 4 is 17.4 Å². The van der Waals surface area contributed by atoms with E-state index in [1.54, 1.807) is 6.92 Å². The van der Waals surface area contributed by atoms with Gasteiger partial charge in [0.15, 0.2) is 0 Å². The molecular formula is C8H9ClF3N3. The van der Waals surface area contributed by atoms with Crippen LogP contribution in [0.1, 0.15) is 12.5 Å². The van der Waals surface area contributed by atoms with Crippen molar-refractivity contribution in [3.05, 3.63) is 18.1 Å². The van der Waals surface area contributed by atoms with Crippen LogP contribution in [0.2, 0.25) is 0 Å². The number of nitrogens with zero attached hydrogens (tertiary/aromatic N) is 2.